The fourth-order valence-corrected chi connectivity index (χ4v) is 1.17. The van der Waals surface area contributed by atoms with E-state index >= 15 is 0 Å². The number of nitrogens with two attached hydrogens (primary N) is 2. The van der Waals surface area contributed by atoms with Gasteiger partial charge >= 0.3 is 0 Å². The highest BCUT2D eigenvalue weighted by atomic mass is 16.5. The van der Waals surface area contributed by atoms with Crippen LogP contribution in [0.5, 0.6) is 0 Å². The summed E-state index contributed by atoms with van der Waals surface area (Å²) in [6.45, 7) is 2.97. The maximum atomic E-state index is 10.8. The summed E-state index contributed by atoms with van der Waals surface area (Å²) in [4.78, 5) is 10.8. The van der Waals surface area contributed by atoms with Crippen LogP contribution in [0.2, 0.25) is 0 Å². The SMILES string of the molecule is COCC(C)CC(CN)C(N)=O. The molecule has 0 aromatic carbocycles. The number of carbonyl (C=O) groups is 1. The summed E-state index contributed by atoms with van der Waals surface area (Å²) in [5.74, 6) is -0.202. The van der Waals surface area contributed by atoms with Crippen molar-refractivity contribution >= 4 is 5.91 Å². The van der Waals surface area contributed by atoms with E-state index in [1.807, 2.05) is 6.92 Å². The average Bonchev–Trinajstić information content (AvgIpc) is 2.00. The van der Waals surface area contributed by atoms with Gasteiger partial charge in [-0.1, -0.05) is 6.92 Å². The van der Waals surface area contributed by atoms with Crippen molar-refractivity contribution < 1.29 is 9.53 Å². The molecule has 0 aliphatic rings. The van der Waals surface area contributed by atoms with Gasteiger partial charge in [-0.15, -0.1) is 0 Å². The lowest BCUT2D eigenvalue weighted by Gasteiger charge is -2.15. The first kappa shape index (κ1) is 11.4. The quantitative estimate of drug-likeness (QED) is 0.581. The fourth-order valence-electron chi connectivity index (χ4n) is 1.17. The van der Waals surface area contributed by atoms with Gasteiger partial charge in [0.25, 0.3) is 0 Å². The van der Waals surface area contributed by atoms with Gasteiger partial charge in [-0.2, -0.15) is 0 Å². The number of hydrogen-bond acceptors (Lipinski definition) is 3. The van der Waals surface area contributed by atoms with Crippen molar-refractivity contribution in [2.24, 2.45) is 23.3 Å². The van der Waals surface area contributed by atoms with Crippen molar-refractivity contribution in [3.05, 3.63) is 0 Å². The predicted molar refractivity (Wildman–Crippen MR) is 47.4 cm³/mol. The Morgan fingerprint density at radius 1 is 1.58 bits per heavy atom. The van der Waals surface area contributed by atoms with Crippen LogP contribution in [-0.4, -0.2) is 26.2 Å². The average molecular weight is 174 g/mol. The molecule has 0 rings (SSSR count). The third-order valence-electron chi connectivity index (χ3n) is 1.82. The Morgan fingerprint density at radius 2 is 2.17 bits per heavy atom. The molecule has 0 aromatic rings. The maximum absolute atomic E-state index is 10.8. The van der Waals surface area contributed by atoms with Crippen LogP contribution >= 0.6 is 0 Å². The third kappa shape index (κ3) is 4.31. The molecule has 4 N–H and O–H groups in total. The van der Waals surface area contributed by atoms with Gasteiger partial charge in [0, 0.05) is 20.3 Å². The Bertz CT molecular complexity index is 139. The Kier molecular flexibility index (Phi) is 5.66. The van der Waals surface area contributed by atoms with Crippen molar-refractivity contribution in [3.63, 3.8) is 0 Å². The summed E-state index contributed by atoms with van der Waals surface area (Å²) in [6, 6.07) is 0. The lowest BCUT2D eigenvalue weighted by molar-refractivity contribution is -0.122. The van der Waals surface area contributed by atoms with Gasteiger partial charge in [-0.05, 0) is 12.3 Å². The molecular weight excluding hydrogens is 156 g/mol. The second kappa shape index (κ2) is 5.97. The van der Waals surface area contributed by atoms with Crippen LogP contribution in [0, 0.1) is 11.8 Å². The number of primary amides is 1. The molecule has 0 aromatic heterocycles. The van der Waals surface area contributed by atoms with Crippen molar-refractivity contribution in [3.8, 4) is 0 Å². The molecule has 4 nitrogen and oxygen atoms in total. The molecule has 72 valence electrons. The van der Waals surface area contributed by atoms with E-state index in [2.05, 4.69) is 0 Å². The van der Waals surface area contributed by atoms with Crippen LogP contribution in [-0.2, 0) is 9.53 Å². The zero-order valence-electron chi connectivity index (χ0n) is 7.75. The van der Waals surface area contributed by atoms with Gasteiger partial charge in [0.1, 0.15) is 0 Å². The summed E-state index contributed by atoms with van der Waals surface area (Å²) in [6.07, 6.45) is 0.708. The molecule has 0 saturated carbocycles. The molecule has 0 aliphatic heterocycles. The molecule has 0 heterocycles. The second-order valence-electron chi connectivity index (χ2n) is 3.13. The van der Waals surface area contributed by atoms with E-state index in [4.69, 9.17) is 16.2 Å². The van der Waals surface area contributed by atoms with E-state index < -0.39 is 0 Å². The first-order valence-corrected chi connectivity index (χ1v) is 4.10. The van der Waals surface area contributed by atoms with Gasteiger partial charge < -0.3 is 16.2 Å². The highest BCUT2D eigenvalue weighted by Crippen LogP contribution is 2.10. The molecule has 0 saturated heterocycles. The minimum Gasteiger partial charge on any atom is -0.384 e. The minimum atomic E-state index is -0.319. The minimum absolute atomic E-state index is 0.213. The molecule has 1 amide bonds. The standard InChI is InChI=1S/C8H18N2O2/c1-6(5-12-2)3-7(4-9)8(10)11/h6-7H,3-5,9H2,1-2H3,(H2,10,11). The van der Waals surface area contributed by atoms with Crippen LogP contribution in [0.1, 0.15) is 13.3 Å². The van der Waals surface area contributed by atoms with Crippen LogP contribution < -0.4 is 11.5 Å². The van der Waals surface area contributed by atoms with Gasteiger partial charge in [0.2, 0.25) is 5.91 Å². The van der Waals surface area contributed by atoms with Crippen LogP contribution in [0.4, 0.5) is 0 Å². The normalized spacial score (nSPS) is 15.6. The number of amides is 1. The van der Waals surface area contributed by atoms with E-state index in [0.717, 1.165) is 0 Å². The largest absolute Gasteiger partial charge is 0.384 e. The molecule has 12 heavy (non-hydrogen) atoms. The summed E-state index contributed by atoms with van der Waals surface area (Å²) in [5.41, 5.74) is 10.5. The highest BCUT2D eigenvalue weighted by Gasteiger charge is 2.16. The zero-order valence-corrected chi connectivity index (χ0v) is 7.75. The Hall–Kier alpha value is -0.610. The van der Waals surface area contributed by atoms with Crippen molar-refractivity contribution in [2.75, 3.05) is 20.3 Å². The molecule has 0 fully saturated rings. The number of ether oxygens (including phenoxy) is 1. The van der Waals surface area contributed by atoms with Gasteiger partial charge in [-0.3, -0.25) is 4.79 Å². The van der Waals surface area contributed by atoms with E-state index in [1.165, 1.54) is 0 Å². The van der Waals surface area contributed by atoms with E-state index in [0.29, 0.717) is 25.5 Å². The lowest BCUT2D eigenvalue weighted by atomic mass is 9.96. The monoisotopic (exact) mass is 174 g/mol. The molecule has 4 heteroatoms. The van der Waals surface area contributed by atoms with E-state index in [9.17, 15) is 4.79 Å². The first-order chi connectivity index (χ1) is 5.61. The molecule has 0 spiro atoms. The molecule has 0 aliphatic carbocycles. The number of methoxy groups -OCH3 is 1. The third-order valence-corrected chi connectivity index (χ3v) is 1.82. The number of carbonyl (C=O) groups excluding carboxylic acids is 1. The lowest BCUT2D eigenvalue weighted by Crippen LogP contribution is -2.31. The molecule has 0 bridgehead atoms. The summed E-state index contributed by atoms with van der Waals surface area (Å²) < 4.78 is 4.94. The van der Waals surface area contributed by atoms with Crippen molar-refractivity contribution in [2.45, 2.75) is 13.3 Å². The smallest absolute Gasteiger partial charge is 0.221 e. The van der Waals surface area contributed by atoms with Gasteiger partial charge in [-0.25, -0.2) is 0 Å². The first-order valence-electron chi connectivity index (χ1n) is 4.10. The van der Waals surface area contributed by atoms with Crippen molar-refractivity contribution in [1.82, 2.24) is 0 Å². The van der Waals surface area contributed by atoms with Crippen LogP contribution in [0.25, 0.3) is 0 Å². The maximum Gasteiger partial charge on any atom is 0.221 e. The second-order valence-corrected chi connectivity index (χ2v) is 3.13. The van der Waals surface area contributed by atoms with E-state index in [-0.39, 0.29) is 11.8 Å². The number of hydrogen-bond donors (Lipinski definition) is 2. The Morgan fingerprint density at radius 3 is 2.50 bits per heavy atom. The fraction of sp³-hybridized carbons (Fsp3) is 0.875. The van der Waals surface area contributed by atoms with Crippen molar-refractivity contribution in [1.29, 1.82) is 0 Å². The summed E-state index contributed by atoms with van der Waals surface area (Å²) in [7, 11) is 1.64. The molecular formula is C8H18N2O2. The Labute approximate surface area is 73.2 Å². The van der Waals surface area contributed by atoms with E-state index in [1.54, 1.807) is 7.11 Å². The molecule has 0 radical (unpaired) electrons. The van der Waals surface area contributed by atoms with Gasteiger partial charge in [0.05, 0.1) is 5.92 Å². The van der Waals surface area contributed by atoms with Crippen LogP contribution in [0.3, 0.4) is 0 Å². The number of rotatable bonds is 6. The summed E-state index contributed by atoms with van der Waals surface area (Å²) in [5, 5.41) is 0. The topological polar surface area (TPSA) is 78.3 Å². The predicted octanol–water partition coefficient (Wildman–Crippen LogP) is -0.281. The Balaban J connectivity index is 3.77. The highest BCUT2D eigenvalue weighted by molar-refractivity contribution is 5.76. The zero-order chi connectivity index (χ0) is 9.56. The molecule has 2 atom stereocenters. The molecule has 2 unspecified atom stereocenters. The van der Waals surface area contributed by atoms with Crippen LogP contribution in [0.15, 0.2) is 0 Å². The van der Waals surface area contributed by atoms with Gasteiger partial charge in [0.15, 0.2) is 0 Å². The summed E-state index contributed by atoms with van der Waals surface area (Å²) >= 11 is 0.